The smallest absolute Gasteiger partial charge is 0.356 e. The van der Waals surface area contributed by atoms with E-state index in [0.29, 0.717) is 6.54 Å². The maximum absolute atomic E-state index is 11.9. The topological polar surface area (TPSA) is 102 Å². The average molecular weight is 305 g/mol. The highest BCUT2D eigenvalue weighted by Gasteiger charge is 2.12. The zero-order valence-electron chi connectivity index (χ0n) is 12.8. The van der Waals surface area contributed by atoms with Crippen LogP contribution in [0, 0.1) is 13.8 Å². The Morgan fingerprint density at radius 3 is 2.64 bits per heavy atom. The molecule has 2 rings (SSSR count). The fourth-order valence-electron chi connectivity index (χ4n) is 2.20. The fraction of sp³-hybridized carbons (Fsp3) is 0.429. The Labute approximate surface area is 127 Å². The number of amides is 1. The van der Waals surface area contributed by atoms with E-state index in [4.69, 9.17) is 5.11 Å². The van der Waals surface area contributed by atoms with Crippen molar-refractivity contribution in [2.24, 2.45) is 0 Å². The van der Waals surface area contributed by atoms with Gasteiger partial charge >= 0.3 is 5.97 Å². The monoisotopic (exact) mass is 305 g/mol. The molecule has 2 heterocycles. The SMILES string of the molecule is Cc1cc(C)n(CC(C)NC(=O)Cn2ccc(C(=O)O)n2)n1. The van der Waals surface area contributed by atoms with Crippen molar-refractivity contribution < 1.29 is 14.7 Å². The lowest BCUT2D eigenvalue weighted by Gasteiger charge is -2.15. The first kappa shape index (κ1) is 15.7. The first-order valence-corrected chi connectivity index (χ1v) is 6.92. The van der Waals surface area contributed by atoms with Crippen LogP contribution in [0.3, 0.4) is 0 Å². The molecule has 0 aliphatic rings. The quantitative estimate of drug-likeness (QED) is 0.813. The molecule has 2 N–H and O–H groups in total. The molecule has 8 nitrogen and oxygen atoms in total. The summed E-state index contributed by atoms with van der Waals surface area (Å²) >= 11 is 0. The van der Waals surface area contributed by atoms with Crippen LogP contribution < -0.4 is 5.32 Å². The number of aromatic carboxylic acids is 1. The molecular weight excluding hydrogens is 286 g/mol. The first-order valence-electron chi connectivity index (χ1n) is 6.92. The maximum Gasteiger partial charge on any atom is 0.356 e. The zero-order chi connectivity index (χ0) is 16.3. The van der Waals surface area contributed by atoms with Crippen molar-refractivity contribution in [1.29, 1.82) is 0 Å². The molecule has 0 fully saturated rings. The molecule has 0 aliphatic carbocycles. The number of carboxylic acids is 1. The van der Waals surface area contributed by atoms with Crippen molar-refractivity contribution in [3.63, 3.8) is 0 Å². The maximum atomic E-state index is 11.9. The molecule has 0 aromatic carbocycles. The lowest BCUT2D eigenvalue weighted by molar-refractivity contribution is -0.122. The van der Waals surface area contributed by atoms with Crippen LogP contribution in [0.2, 0.25) is 0 Å². The molecule has 0 bridgehead atoms. The van der Waals surface area contributed by atoms with E-state index in [1.165, 1.54) is 16.9 Å². The third-order valence-electron chi connectivity index (χ3n) is 3.12. The third kappa shape index (κ3) is 3.94. The molecule has 22 heavy (non-hydrogen) atoms. The molecule has 0 aliphatic heterocycles. The summed E-state index contributed by atoms with van der Waals surface area (Å²) in [5, 5.41) is 19.8. The van der Waals surface area contributed by atoms with Gasteiger partial charge in [-0.2, -0.15) is 10.2 Å². The van der Waals surface area contributed by atoms with Gasteiger partial charge in [0.05, 0.1) is 12.2 Å². The highest BCUT2D eigenvalue weighted by molar-refractivity contribution is 5.85. The van der Waals surface area contributed by atoms with Gasteiger partial charge in [0.15, 0.2) is 5.69 Å². The van der Waals surface area contributed by atoms with Gasteiger partial charge in [0.25, 0.3) is 0 Å². The predicted molar refractivity (Wildman–Crippen MR) is 78.5 cm³/mol. The van der Waals surface area contributed by atoms with Gasteiger partial charge in [0.1, 0.15) is 6.54 Å². The van der Waals surface area contributed by atoms with Crippen molar-refractivity contribution in [2.45, 2.75) is 39.9 Å². The van der Waals surface area contributed by atoms with Gasteiger partial charge in [-0.05, 0) is 32.9 Å². The Morgan fingerprint density at radius 1 is 1.36 bits per heavy atom. The summed E-state index contributed by atoms with van der Waals surface area (Å²) in [7, 11) is 0. The van der Waals surface area contributed by atoms with Gasteiger partial charge in [-0.1, -0.05) is 0 Å². The molecular formula is C14H19N5O3. The van der Waals surface area contributed by atoms with E-state index in [9.17, 15) is 9.59 Å². The molecule has 2 aromatic rings. The van der Waals surface area contributed by atoms with Crippen LogP contribution in [0.25, 0.3) is 0 Å². The Balaban J connectivity index is 1.88. The minimum absolute atomic E-state index is 0.0191. The first-order chi connectivity index (χ1) is 10.3. The number of hydrogen-bond donors (Lipinski definition) is 2. The number of nitrogens with one attached hydrogen (secondary N) is 1. The van der Waals surface area contributed by atoms with Crippen LogP contribution in [0.1, 0.15) is 28.8 Å². The second-order valence-corrected chi connectivity index (χ2v) is 5.28. The molecule has 8 heteroatoms. The van der Waals surface area contributed by atoms with Crippen LogP contribution in [-0.4, -0.2) is 42.6 Å². The number of hydrogen-bond acceptors (Lipinski definition) is 4. The molecule has 0 radical (unpaired) electrons. The second kappa shape index (κ2) is 6.42. The van der Waals surface area contributed by atoms with Crippen LogP contribution >= 0.6 is 0 Å². The molecule has 0 spiro atoms. The Morgan fingerprint density at radius 2 is 2.09 bits per heavy atom. The average Bonchev–Trinajstić information content (AvgIpc) is 2.96. The number of rotatable bonds is 6. The van der Waals surface area contributed by atoms with Gasteiger partial charge in [-0.25, -0.2) is 4.79 Å². The van der Waals surface area contributed by atoms with Gasteiger partial charge in [-0.15, -0.1) is 0 Å². The normalized spacial score (nSPS) is 12.1. The minimum atomic E-state index is -1.11. The summed E-state index contributed by atoms with van der Waals surface area (Å²) < 4.78 is 3.14. The Bertz CT molecular complexity index is 688. The third-order valence-corrected chi connectivity index (χ3v) is 3.12. The van der Waals surface area contributed by atoms with Crippen LogP contribution in [0.4, 0.5) is 0 Å². The summed E-state index contributed by atoms with van der Waals surface area (Å²) in [6, 6.07) is 3.24. The van der Waals surface area contributed by atoms with E-state index in [0.717, 1.165) is 11.4 Å². The van der Waals surface area contributed by atoms with Crippen molar-refractivity contribution in [3.8, 4) is 0 Å². The summed E-state index contributed by atoms with van der Waals surface area (Å²) in [6.45, 7) is 6.33. The van der Waals surface area contributed by atoms with Gasteiger partial charge in [0.2, 0.25) is 5.91 Å². The lowest BCUT2D eigenvalue weighted by atomic mass is 10.3. The number of carboxylic acid groups (broad SMARTS) is 1. The van der Waals surface area contributed by atoms with E-state index in [-0.39, 0.29) is 24.2 Å². The molecule has 1 amide bonds. The van der Waals surface area contributed by atoms with E-state index >= 15 is 0 Å². The van der Waals surface area contributed by atoms with Crippen molar-refractivity contribution in [3.05, 3.63) is 35.4 Å². The fourth-order valence-corrected chi connectivity index (χ4v) is 2.20. The van der Waals surface area contributed by atoms with Crippen LogP contribution in [-0.2, 0) is 17.9 Å². The molecule has 0 saturated heterocycles. The van der Waals surface area contributed by atoms with Crippen molar-refractivity contribution >= 4 is 11.9 Å². The number of aryl methyl sites for hydroxylation is 2. The molecule has 2 aromatic heterocycles. The number of carbonyl (C=O) groups excluding carboxylic acids is 1. The standard InChI is InChI=1S/C14H19N5O3/c1-9-6-11(3)19(16-9)7-10(2)15-13(20)8-18-5-4-12(17-18)14(21)22/h4-6,10H,7-8H2,1-3H3,(H,15,20)(H,21,22). The largest absolute Gasteiger partial charge is 0.476 e. The highest BCUT2D eigenvalue weighted by Crippen LogP contribution is 2.03. The van der Waals surface area contributed by atoms with E-state index < -0.39 is 5.97 Å². The highest BCUT2D eigenvalue weighted by atomic mass is 16.4. The number of carbonyl (C=O) groups is 2. The number of nitrogens with zero attached hydrogens (tertiary/aromatic N) is 4. The van der Waals surface area contributed by atoms with Crippen LogP contribution in [0.5, 0.6) is 0 Å². The predicted octanol–water partition coefficient (Wildman–Crippen LogP) is 0.600. The van der Waals surface area contributed by atoms with Gasteiger partial charge in [0, 0.05) is 17.9 Å². The summed E-state index contributed by atoms with van der Waals surface area (Å²) in [5.41, 5.74) is 1.90. The molecule has 1 unspecified atom stereocenters. The van der Waals surface area contributed by atoms with Gasteiger partial charge in [-0.3, -0.25) is 14.2 Å². The summed E-state index contributed by atoms with van der Waals surface area (Å²) in [6.07, 6.45) is 1.47. The van der Waals surface area contributed by atoms with E-state index in [1.54, 1.807) is 0 Å². The zero-order valence-corrected chi connectivity index (χ0v) is 12.8. The van der Waals surface area contributed by atoms with Crippen molar-refractivity contribution in [2.75, 3.05) is 0 Å². The molecule has 0 saturated carbocycles. The molecule has 118 valence electrons. The second-order valence-electron chi connectivity index (χ2n) is 5.28. The number of aromatic nitrogens is 4. The summed E-state index contributed by atoms with van der Waals surface area (Å²) in [5.74, 6) is -1.34. The Kier molecular flexibility index (Phi) is 4.59. The summed E-state index contributed by atoms with van der Waals surface area (Å²) in [4.78, 5) is 22.7. The van der Waals surface area contributed by atoms with E-state index in [2.05, 4.69) is 15.5 Å². The minimum Gasteiger partial charge on any atom is -0.476 e. The van der Waals surface area contributed by atoms with Gasteiger partial charge < -0.3 is 10.4 Å². The van der Waals surface area contributed by atoms with E-state index in [1.807, 2.05) is 31.5 Å². The van der Waals surface area contributed by atoms with Crippen LogP contribution in [0.15, 0.2) is 18.3 Å². The molecule has 1 atom stereocenters. The lowest BCUT2D eigenvalue weighted by Crippen LogP contribution is -2.38. The van der Waals surface area contributed by atoms with Crippen molar-refractivity contribution in [1.82, 2.24) is 24.9 Å². The Hall–Kier alpha value is -2.64.